The Bertz CT molecular complexity index is 612. The molecule has 2 rings (SSSR count). The largest absolute Gasteiger partial charge is 0.359 e. The van der Waals surface area contributed by atoms with E-state index in [-0.39, 0.29) is 24.0 Å². The van der Waals surface area contributed by atoms with Crippen molar-refractivity contribution in [2.75, 3.05) is 13.1 Å². The summed E-state index contributed by atoms with van der Waals surface area (Å²) in [4.78, 5) is 4.56. The molecule has 0 aliphatic heterocycles. The average Bonchev–Trinajstić information content (AvgIpc) is 3.06. The van der Waals surface area contributed by atoms with Crippen molar-refractivity contribution in [1.82, 2.24) is 15.8 Å². The van der Waals surface area contributed by atoms with E-state index in [1.165, 1.54) is 5.56 Å². The van der Waals surface area contributed by atoms with E-state index in [0.717, 1.165) is 36.9 Å². The van der Waals surface area contributed by atoms with Crippen LogP contribution in [0.1, 0.15) is 43.7 Å². The van der Waals surface area contributed by atoms with Gasteiger partial charge in [0.1, 0.15) is 6.54 Å². The lowest BCUT2D eigenvalue weighted by Crippen LogP contribution is -2.39. The Balaban J connectivity index is 0.00000288. The van der Waals surface area contributed by atoms with Crippen molar-refractivity contribution < 1.29 is 4.52 Å². The van der Waals surface area contributed by atoms with Gasteiger partial charge in [-0.1, -0.05) is 49.3 Å². The van der Waals surface area contributed by atoms with E-state index in [1.54, 1.807) is 0 Å². The fourth-order valence-electron chi connectivity index (χ4n) is 2.24. The molecular weight excluding hydrogens is 415 g/mol. The van der Waals surface area contributed by atoms with Gasteiger partial charge in [0.15, 0.2) is 11.7 Å². The third kappa shape index (κ3) is 6.51. The highest BCUT2D eigenvalue weighted by atomic mass is 127. The van der Waals surface area contributed by atoms with Crippen LogP contribution in [0.2, 0.25) is 0 Å². The number of guanidine groups is 1. The Kier molecular flexibility index (Phi) is 9.44. The second-order valence-electron chi connectivity index (χ2n) is 5.53. The standard InChI is InChI=1S/C18H26N4O.HI/c1-4-16-11-17(23-22-16)13-21-18(19-5-2)20-12-14(3)15-9-7-6-8-10-15;/h6-11,14H,4-5,12-13H2,1-3H3,(H2,19,20,21);1H. The van der Waals surface area contributed by atoms with E-state index in [0.29, 0.717) is 12.5 Å². The van der Waals surface area contributed by atoms with E-state index in [9.17, 15) is 0 Å². The van der Waals surface area contributed by atoms with Crippen molar-refractivity contribution in [2.45, 2.75) is 39.7 Å². The van der Waals surface area contributed by atoms with Crippen molar-refractivity contribution in [1.29, 1.82) is 0 Å². The van der Waals surface area contributed by atoms with E-state index >= 15 is 0 Å². The predicted molar refractivity (Wildman–Crippen MR) is 109 cm³/mol. The first-order valence-corrected chi connectivity index (χ1v) is 8.24. The number of hydrogen-bond acceptors (Lipinski definition) is 3. The SMILES string of the molecule is CCNC(=NCc1cc(CC)no1)NCC(C)c1ccccc1.I. The lowest BCUT2D eigenvalue weighted by Gasteiger charge is -2.16. The zero-order valence-corrected chi connectivity index (χ0v) is 16.9. The molecule has 1 aromatic carbocycles. The molecule has 0 saturated heterocycles. The molecule has 2 aromatic rings. The maximum atomic E-state index is 5.27. The molecule has 1 unspecified atom stereocenters. The molecule has 2 N–H and O–H groups in total. The van der Waals surface area contributed by atoms with Crippen LogP contribution in [0, 0.1) is 0 Å². The van der Waals surface area contributed by atoms with E-state index in [4.69, 9.17) is 4.52 Å². The van der Waals surface area contributed by atoms with Crippen LogP contribution in [0.25, 0.3) is 0 Å². The van der Waals surface area contributed by atoms with Gasteiger partial charge in [-0.3, -0.25) is 0 Å². The lowest BCUT2D eigenvalue weighted by atomic mass is 10.0. The average molecular weight is 442 g/mol. The Morgan fingerprint density at radius 2 is 1.96 bits per heavy atom. The fourth-order valence-corrected chi connectivity index (χ4v) is 2.24. The van der Waals surface area contributed by atoms with Crippen molar-refractivity contribution in [2.24, 2.45) is 4.99 Å². The summed E-state index contributed by atoms with van der Waals surface area (Å²) in [6.07, 6.45) is 0.875. The first-order chi connectivity index (χ1) is 11.2. The van der Waals surface area contributed by atoms with Gasteiger partial charge in [0.25, 0.3) is 0 Å². The minimum Gasteiger partial charge on any atom is -0.359 e. The summed E-state index contributed by atoms with van der Waals surface area (Å²) in [7, 11) is 0. The van der Waals surface area contributed by atoms with Gasteiger partial charge in [0, 0.05) is 19.2 Å². The van der Waals surface area contributed by atoms with Crippen LogP contribution in [0.4, 0.5) is 0 Å². The summed E-state index contributed by atoms with van der Waals surface area (Å²) in [5.41, 5.74) is 2.28. The molecule has 24 heavy (non-hydrogen) atoms. The zero-order valence-electron chi connectivity index (χ0n) is 14.6. The number of aromatic nitrogens is 1. The Hall–Kier alpha value is -1.57. The maximum absolute atomic E-state index is 5.27. The highest BCUT2D eigenvalue weighted by Crippen LogP contribution is 2.13. The third-order valence-corrected chi connectivity index (χ3v) is 3.65. The summed E-state index contributed by atoms with van der Waals surface area (Å²) < 4.78 is 5.27. The lowest BCUT2D eigenvalue weighted by molar-refractivity contribution is 0.379. The summed E-state index contributed by atoms with van der Waals surface area (Å²) in [6.45, 7) is 8.45. The molecule has 0 aliphatic carbocycles. The number of benzene rings is 1. The topological polar surface area (TPSA) is 62.5 Å². The highest BCUT2D eigenvalue weighted by Gasteiger charge is 2.07. The van der Waals surface area contributed by atoms with Crippen LogP contribution in [-0.4, -0.2) is 24.2 Å². The maximum Gasteiger partial charge on any atom is 0.191 e. The van der Waals surface area contributed by atoms with Crippen molar-refractivity contribution in [3.05, 3.63) is 53.4 Å². The van der Waals surface area contributed by atoms with Gasteiger partial charge in [-0.15, -0.1) is 24.0 Å². The second-order valence-corrected chi connectivity index (χ2v) is 5.53. The molecule has 0 radical (unpaired) electrons. The van der Waals surface area contributed by atoms with Crippen LogP contribution < -0.4 is 10.6 Å². The number of aryl methyl sites for hydroxylation is 1. The van der Waals surface area contributed by atoms with Crippen LogP contribution in [-0.2, 0) is 13.0 Å². The highest BCUT2D eigenvalue weighted by molar-refractivity contribution is 14.0. The second kappa shape index (κ2) is 11.1. The molecule has 0 bridgehead atoms. The Labute approximate surface area is 161 Å². The number of nitrogens with zero attached hydrogens (tertiary/aromatic N) is 2. The monoisotopic (exact) mass is 442 g/mol. The Morgan fingerprint density at radius 1 is 1.21 bits per heavy atom. The number of nitrogens with one attached hydrogen (secondary N) is 2. The predicted octanol–water partition coefficient (Wildman–Crippen LogP) is 3.71. The molecule has 1 heterocycles. The Morgan fingerprint density at radius 3 is 2.58 bits per heavy atom. The fraction of sp³-hybridized carbons (Fsp3) is 0.444. The molecule has 0 fully saturated rings. The van der Waals surface area contributed by atoms with Gasteiger partial charge in [0.2, 0.25) is 0 Å². The van der Waals surface area contributed by atoms with Crippen LogP contribution in [0.3, 0.4) is 0 Å². The van der Waals surface area contributed by atoms with Crippen LogP contribution >= 0.6 is 24.0 Å². The van der Waals surface area contributed by atoms with E-state index in [2.05, 4.69) is 65.8 Å². The van der Waals surface area contributed by atoms with Crippen molar-refractivity contribution >= 4 is 29.9 Å². The molecule has 1 atom stereocenters. The molecule has 0 amide bonds. The number of aliphatic imine (C=N–C) groups is 1. The van der Waals surface area contributed by atoms with Crippen LogP contribution in [0.15, 0.2) is 45.9 Å². The number of hydrogen-bond donors (Lipinski definition) is 2. The summed E-state index contributed by atoms with van der Waals surface area (Å²) in [5.74, 6) is 2.00. The van der Waals surface area contributed by atoms with Gasteiger partial charge >= 0.3 is 0 Å². The molecule has 6 heteroatoms. The quantitative estimate of drug-likeness (QED) is 0.390. The first-order valence-electron chi connectivity index (χ1n) is 8.24. The number of rotatable bonds is 7. The molecular formula is C18H27IN4O. The van der Waals surface area contributed by atoms with Crippen molar-refractivity contribution in [3.63, 3.8) is 0 Å². The zero-order chi connectivity index (χ0) is 16.5. The summed E-state index contributed by atoms with van der Waals surface area (Å²) in [5, 5.41) is 10.6. The molecule has 132 valence electrons. The third-order valence-electron chi connectivity index (χ3n) is 3.65. The summed E-state index contributed by atoms with van der Waals surface area (Å²) in [6, 6.07) is 12.4. The molecule has 1 aromatic heterocycles. The molecule has 5 nitrogen and oxygen atoms in total. The summed E-state index contributed by atoms with van der Waals surface area (Å²) >= 11 is 0. The number of halogens is 1. The molecule has 0 aliphatic rings. The van der Waals surface area contributed by atoms with Gasteiger partial charge in [-0.25, -0.2) is 4.99 Å². The molecule has 0 saturated carbocycles. The smallest absolute Gasteiger partial charge is 0.191 e. The minimum atomic E-state index is 0. The minimum absolute atomic E-state index is 0. The van der Waals surface area contributed by atoms with E-state index < -0.39 is 0 Å². The van der Waals surface area contributed by atoms with Gasteiger partial charge in [-0.2, -0.15) is 0 Å². The van der Waals surface area contributed by atoms with Crippen LogP contribution in [0.5, 0.6) is 0 Å². The molecule has 0 spiro atoms. The van der Waals surface area contributed by atoms with Gasteiger partial charge in [-0.05, 0) is 24.8 Å². The van der Waals surface area contributed by atoms with Crippen molar-refractivity contribution in [3.8, 4) is 0 Å². The first kappa shape index (κ1) is 20.5. The van der Waals surface area contributed by atoms with E-state index in [1.807, 2.05) is 12.1 Å². The van der Waals surface area contributed by atoms with Gasteiger partial charge < -0.3 is 15.2 Å². The normalized spacial score (nSPS) is 12.4. The van der Waals surface area contributed by atoms with Gasteiger partial charge in [0.05, 0.1) is 5.69 Å².